The zero-order valence-electron chi connectivity index (χ0n) is 11.1. The summed E-state index contributed by atoms with van der Waals surface area (Å²) in [5, 5.41) is 0.281. The van der Waals surface area contributed by atoms with Gasteiger partial charge in [-0.15, -0.1) is 0 Å². The standard InChI is InChI=1S/C12H8Cl2F3N5S/c13-6-2-1-5(3-7(6)14)8-4-9(12(15,16)17)20-11(19-8)22-21-10(18)23/h1-4H,(H3,18,21,23)(H,19,20,22). The summed E-state index contributed by atoms with van der Waals surface area (Å²) >= 11 is 16.2. The van der Waals surface area contributed by atoms with E-state index in [-0.39, 0.29) is 26.8 Å². The third-order valence-corrected chi connectivity index (χ3v) is 3.37. The Balaban J connectivity index is 2.50. The Labute approximate surface area is 144 Å². The van der Waals surface area contributed by atoms with Gasteiger partial charge in [0, 0.05) is 5.56 Å². The number of benzene rings is 1. The highest BCUT2D eigenvalue weighted by atomic mass is 35.5. The van der Waals surface area contributed by atoms with Gasteiger partial charge in [0.25, 0.3) is 0 Å². The molecule has 0 spiro atoms. The summed E-state index contributed by atoms with van der Waals surface area (Å²) in [4.78, 5) is 7.32. The van der Waals surface area contributed by atoms with Crippen LogP contribution in [-0.2, 0) is 6.18 Å². The molecular weight excluding hydrogens is 374 g/mol. The fraction of sp³-hybridized carbons (Fsp3) is 0.0833. The van der Waals surface area contributed by atoms with Crippen molar-refractivity contribution in [3.05, 3.63) is 40.0 Å². The van der Waals surface area contributed by atoms with E-state index in [9.17, 15) is 13.2 Å². The molecule has 0 saturated heterocycles. The number of halogens is 5. The number of hydrogen-bond donors (Lipinski definition) is 3. The van der Waals surface area contributed by atoms with Crippen LogP contribution in [0.3, 0.4) is 0 Å². The molecule has 0 aliphatic carbocycles. The molecule has 0 bridgehead atoms. The van der Waals surface area contributed by atoms with Crippen LogP contribution >= 0.6 is 35.4 Å². The lowest BCUT2D eigenvalue weighted by atomic mass is 10.1. The van der Waals surface area contributed by atoms with E-state index >= 15 is 0 Å². The highest BCUT2D eigenvalue weighted by molar-refractivity contribution is 7.80. The SMILES string of the molecule is NC(=S)NNc1nc(-c2ccc(Cl)c(Cl)c2)cc(C(F)(F)F)n1. The molecule has 2 rings (SSSR count). The van der Waals surface area contributed by atoms with Crippen LogP contribution in [0.25, 0.3) is 11.3 Å². The Bertz CT molecular complexity index is 754. The minimum Gasteiger partial charge on any atom is -0.375 e. The molecule has 0 atom stereocenters. The molecule has 0 fully saturated rings. The maximum atomic E-state index is 13.0. The molecule has 0 saturated carbocycles. The van der Waals surface area contributed by atoms with Gasteiger partial charge in [-0.05, 0) is 30.4 Å². The average Bonchev–Trinajstić information content (AvgIpc) is 2.46. The molecule has 1 heterocycles. The van der Waals surface area contributed by atoms with Crippen LogP contribution in [0.1, 0.15) is 5.69 Å². The van der Waals surface area contributed by atoms with Crippen LogP contribution in [-0.4, -0.2) is 15.1 Å². The van der Waals surface area contributed by atoms with Crippen LogP contribution in [0.15, 0.2) is 24.3 Å². The molecule has 2 aromatic rings. The van der Waals surface area contributed by atoms with Gasteiger partial charge >= 0.3 is 6.18 Å². The molecule has 0 aliphatic rings. The third-order valence-electron chi connectivity index (χ3n) is 2.53. The predicted molar refractivity (Wildman–Crippen MR) is 86.0 cm³/mol. The number of nitrogens with one attached hydrogen (secondary N) is 2. The number of aromatic nitrogens is 2. The molecule has 1 aromatic carbocycles. The summed E-state index contributed by atoms with van der Waals surface area (Å²) in [6.45, 7) is 0. The van der Waals surface area contributed by atoms with E-state index in [0.717, 1.165) is 6.07 Å². The summed E-state index contributed by atoms with van der Waals surface area (Å²) in [5.41, 5.74) is 8.95. The first kappa shape index (κ1) is 17.5. The van der Waals surface area contributed by atoms with Crippen molar-refractivity contribution in [2.45, 2.75) is 6.18 Å². The number of nitrogens with zero attached hydrogens (tertiary/aromatic N) is 2. The lowest BCUT2D eigenvalue weighted by Crippen LogP contribution is -2.35. The Morgan fingerprint density at radius 1 is 1.13 bits per heavy atom. The number of rotatable bonds is 3. The summed E-state index contributed by atoms with van der Waals surface area (Å²) in [6, 6.07) is 5.14. The number of hydrogen-bond acceptors (Lipinski definition) is 4. The fourth-order valence-corrected chi connectivity index (χ4v) is 1.92. The molecule has 0 radical (unpaired) electrons. The van der Waals surface area contributed by atoms with E-state index < -0.39 is 11.9 Å². The van der Waals surface area contributed by atoms with E-state index in [0.29, 0.717) is 5.56 Å². The predicted octanol–water partition coefficient (Wildman–Crippen LogP) is 3.63. The Morgan fingerprint density at radius 2 is 1.83 bits per heavy atom. The first-order valence-electron chi connectivity index (χ1n) is 5.90. The molecule has 0 unspecified atom stereocenters. The zero-order chi connectivity index (χ0) is 17.2. The second kappa shape index (κ2) is 6.73. The second-order valence-corrected chi connectivity index (χ2v) is 5.46. The van der Waals surface area contributed by atoms with Gasteiger partial charge in [-0.3, -0.25) is 10.9 Å². The second-order valence-electron chi connectivity index (χ2n) is 4.20. The molecule has 122 valence electrons. The normalized spacial score (nSPS) is 11.2. The van der Waals surface area contributed by atoms with Crippen molar-refractivity contribution in [1.29, 1.82) is 0 Å². The minimum atomic E-state index is -4.66. The minimum absolute atomic E-state index is 0.00173. The van der Waals surface area contributed by atoms with Crippen LogP contribution in [0.4, 0.5) is 19.1 Å². The average molecular weight is 382 g/mol. The number of hydrazine groups is 1. The molecule has 23 heavy (non-hydrogen) atoms. The van der Waals surface area contributed by atoms with Gasteiger partial charge < -0.3 is 5.73 Å². The van der Waals surface area contributed by atoms with E-state index in [1.165, 1.54) is 18.2 Å². The van der Waals surface area contributed by atoms with Gasteiger partial charge in [-0.25, -0.2) is 9.97 Å². The summed E-state index contributed by atoms with van der Waals surface area (Å²) in [6.07, 6.45) is -4.66. The molecule has 0 aliphatic heterocycles. The van der Waals surface area contributed by atoms with Crippen LogP contribution in [0, 0.1) is 0 Å². The van der Waals surface area contributed by atoms with Gasteiger partial charge in [-0.1, -0.05) is 29.3 Å². The Morgan fingerprint density at radius 3 is 2.39 bits per heavy atom. The van der Waals surface area contributed by atoms with E-state index in [1.807, 2.05) is 0 Å². The highest BCUT2D eigenvalue weighted by Gasteiger charge is 2.34. The van der Waals surface area contributed by atoms with E-state index in [2.05, 4.69) is 33.0 Å². The number of anilines is 1. The van der Waals surface area contributed by atoms with Crippen molar-refractivity contribution in [2.75, 3.05) is 5.43 Å². The van der Waals surface area contributed by atoms with Gasteiger partial charge in [0.1, 0.15) is 0 Å². The lowest BCUT2D eigenvalue weighted by Gasteiger charge is -2.12. The number of nitrogens with two attached hydrogens (primary N) is 1. The lowest BCUT2D eigenvalue weighted by molar-refractivity contribution is -0.141. The smallest absolute Gasteiger partial charge is 0.375 e. The van der Waals surface area contributed by atoms with Gasteiger partial charge in [0.2, 0.25) is 5.95 Å². The molecule has 11 heteroatoms. The Kier molecular flexibility index (Phi) is 5.12. The topological polar surface area (TPSA) is 75.9 Å². The van der Waals surface area contributed by atoms with Crippen molar-refractivity contribution in [2.24, 2.45) is 5.73 Å². The van der Waals surface area contributed by atoms with Crippen LogP contribution < -0.4 is 16.6 Å². The maximum Gasteiger partial charge on any atom is 0.433 e. The molecule has 0 amide bonds. The quantitative estimate of drug-likeness (QED) is 0.556. The largest absolute Gasteiger partial charge is 0.433 e. The van der Waals surface area contributed by atoms with Crippen LogP contribution in [0.2, 0.25) is 10.0 Å². The van der Waals surface area contributed by atoms with Crippen LogP contribution in [0.5, 0.6) is 0 Å². The van der Waals surface area contributed by atoms with E-state index in [1.54, 1.807) is 0 Å². The van der Waals surface area contributed by atoms with Crippen molar-refractivity contribution in [1.82, 2.24) is 15.4 Å². The van der Waals surface area contributed by atoms with Crippen molar-refractivity contribution in [3.8, 4) is 11.3 Å². The first-order valence-corrected chi connectivity index (χ1v) is 7.06. The molecule has 5 nitrogen and oxygen atoms in total. The number of alkyl halides is 3. The highest BCUT2D eigenvalue weighted by Crippen LogP contribution is 2.33. The van der Waals surface area contributed by atoms with Gasteiger partial charge in [0.15, 0.2) is 10.8 Å². The summed E-state index contributed by atoms with van der Waals surface area (Å²) in [7, 11) is 0. The van der Waals surface area contributed by atoms with Crippen molar-refractivity contribution in [3.63, 3.8) is 0 Å². The van der Waals surface area contributed by atoms with Crippen molar-refractivity contribution < 1.29 is 13.2 Å². The summed E-state index contributed by atoms with van der Waals surface area (Å²) in [5.74, 6) is -0.353. The van der Waals surface area contributed by atoms with Crippen molar-refractivity contribution >= 4 is 46.5 Å². The maximum absolute atomic E-state index is 13.0. The first-order chi connectivity index (χ1) is 10.7. The number of thiocarbonyl (C=S) groups is 1. The molecular formula is C12H8Cl2F3N5S. The molecule has 4 N–H and O–H groups in total. The zero-order valence-corrected chi connectivity index (χ0v) is 13.4. The monoisotopic (exact) mass is 381 g/mol. The Hall–Kier alpha value is -1.84. The third kappa shape index (κ3) is 4.57. The fourth-order valence-electron chi connectivity index (χ4n) is 1.57. The van der Waals surface area contributed by atoms with Gasteiger partial charge in [0.05, 0.1) is 15.7 Å². The molecule has 1 aromatic heterocycles. The van der Waals surface area contributed by atoms with E-state index in [4.69, 9.17) is 28.9 Å². The summed E-state index contributed by atoms with van der Waals surface area (Å²) < 4.78 is 38.9. The van der Waals surface area contributed by atoms with Gasteiger partial charge in [-0.2, -0.15) is 13.2 Å².